The SMILES string of the molecule is COCCCCN1C=CN(c2ccc(C(=O)O)cc2[N+](=O)[O-])[C@@H](Cc2ccc(C)cc2)C1=O. The van der Waals surface area contributed by atoms with E-state index in [4.69, 9.17) is 4.74 Å². The molecular weight excluding hydrogens is 426 g/mol. The first-order valence-electron chi connectivity index (χ1n) is 10.6. The topological polar surface area (TPSA) is 113 Å². The standard InChI is InChI=1S/C24H27N3O6/c1-17-5-7-18(8-6-17)15-22-23(28)25(11-3-4-14-33-2)12-13-26(22)20-10-9-19(24(29)30)16-21(20)27(31)32/h5-10,12-13,16,22H,3-4,11,14-15H2,1-2H3,(H,29,30)/t22-/m0/s1. The number of nitro groups is 1. The lowest BCUT2D eigenvalue weighted by Gasteiger charge is -2.37. The minimum Gasteiger partial charge on any atom is -0.478 e. The van der Waals surface area contributed by atoms with Gasteiger partial charge in [-0.3, -0.25) is 14.9 Å². The number of benzene rings is 2. The molecule has 1 amide bonds. The highest BCUT2D eigenvalue weighted by molar-refractivity contribution is 5.92. The third kappa shape index (κ3) is 5.75. The molecule has 0 radical (unpaired) electrons. The molecule has 0 unspecified atom stereocenters. The quantitative estimate of drug-likeness (QED) is 0.331. The number of hydrogen-bond acceptors (Lipinski definition) is 6. The van der Waals surface area contributed by atoms with E-state index in [1.165, 1.54) is 12.1 Å². The highest BCUT2D eigenvalue weighted by Crippen LogP contribution is 2.34. The smallest absolute Gasteiger partial charge is 0.335 e. The average Bonchev–Trinajstić information content (AvgIpc) is 2.80. The summed E-state index contributed by atoms with van der Waals surface area (Å²) >= 11 is 0. The molecule has 0 aliphatic carbocycles. The number of aromatic carboxylic acids is 1. The monoisotopic (exact) mass is 453 g/mol. The molecule has 0 aromatic heterocycles. The fraction of sp³-hybridized carbons (Fsp3) is 0.333. The van der Waals surface area contributed by atoms with Gasteiger partial charge in [-0.05, 0) is 37.5 Å². The summed E-state index contributed by atoms with van der Waals surface area (Å²) < 4.78 is 5.07. The number of anilines is 1. The molecule has 0 fully saturated rings. The van der Waals surface area contributed by atoms with E-state index in [0.717, 1.165) is 30.0 Å². The van der Waals surface area contributed by atoms with Gasteiger partial charge in [0.15, 0.2) is 0 Å². The van der Waals surface area contributed by atoms with Gasteiger partial charge in [0, 0.05) is 45.1 Å². The van der Waals surface area contributed by atoms with Crippen LogP contribution in [0.5, 0.6) is 0 Å². The zero-order valence-electron chi connectivity index (χ0n) is 18.6. The van der Waals surface area contributed by atoms with Crippen LogP contribution >= 0.6 is 0 Å². The Bertz CT molecular complexity index is 1050. The number of carboxylic acid groups (broad SMARTS) is 1. The van der Waals surface area contributed by atoms with Gasteiger partial charge in [0.05, 0.1) is 10.5 Å². The second kappa shape index (κ2) is 10.7. The van der Waals surface area contributed by atoms with Crippen molar-refractivity contribution in [3.63, 3.8) is 0 Å². The molecule has 0 saturated heterocycles. The maximum absolute atomic E-state index is 13.4. The van der Waals surface area contributed by atoms with E-state index in [9.17, 15) is 24.8 Å². The molecule has 1 aliphatic heterocycles. The maximum atomic E-state index is 13.4. The van der Waals surface area contributed by atoms with Crippen LogP contribution < -0.4 is 4.90 Å². The van der Waals surface area contributed by atoms with Gasteiger partial charge >= 0.3 is 5.97 Å². The number of hydrogen-bond donors (Lipinski definition) is 1. The van der Waals surface area contributed by atoms with Crippen molar-refractivity contribution in [3.05, 3.63) is 81.7 Å². The summed E-state index contributed by atoms with van der Waals surface area (Å²) in [5.41, 5.74) is 1.63. The van der Waals surface area contributed by atoms with Crippen molar-refractivity contribution in [1.82, 2.24) is 4.90 Å². The third-order valence-electron chi connectivity index (χ3n) is 5.56. The van der Waals surface area contributed by atoms with E-state index >= 15 is 0 Å². The summed E-state index contributed by atoms with van der Waals surface area (Å²) in [7, 11) is 1.63. The summed E-state index contributed by atoms with van der Waals surface area (Å²) in [6, 6.07) is 10.8. The van der Waals surface area contributed by atoms with Crippen LogP contribution in [0.3, 0.4) is 0 Å². The van der Waals surface area contributed by atoms with Crippen LogP contribution in [0.25, 0.3) is 0 Å². The number of rotatable bonds is 10. The van der Waals surface area contributed by atoms with Crippen LogP contribution in [0.15, 0.2) is 54.9 Å². The average molecular weight is 453 g/mol. The van der Waals surface area contributed by atoms with E-state index in [0.29, 0.717) is 19.6 Å². The van der Waals surface area contributed by atoms with Gasteiger partial charge in [-0.15, -0.1) is 0 Å². The molecular formula is C24H27N3O6. The molecule has 0 spiro atoms. The second-order valence-corrected chi connectivity index (χ2v) is 7.91. The molecule has 9 nitrogen and oxygen atoms in total. The van der Waals surface area contributed by atoms with E-state index in [2.05, 4.69) is 0 Å². The Morgan fingerprint density at radius 2 is 1.88 bits per heavy atom. The fourth-order valence-electron chi connectivity index (χ4n) is 3.76. The number of amides is 1. The Balaban J connectivity index is 1.98. The molecule has 1 N–H and O–H groups in total. The molecule has 1 heterocycles. The lowest BCUT2D eigenvalue weighted by atomic mass is 10.00. The van der Waals surface area contributed by atoms with Crippen molar-refractivity contribution in [1.29, 1.82) is 0 Å². The number of carboxylic acids is 1. The van der Waals surface area contributed by atoms with Crippen molar-refractivity contribution in [2.75, 3.05) is 25.2 Å². The van der Waals surface area contributed by atoms with Gasteiger partial charge in [0.25, 0.3) is 5.69 Å². The Labute approximate surface area is 192 Å². The zero-order valence-corrected chi connectivity index (χ0v) is 18.6. The van der Waals surface area contributed by atoms with Crippen molar-refractivity contribution >= 4 is 23.3 Å². The lowest BCUT2D eigenvalue weighted by molar-refractivity contribution is -0.384. The molecule has 174 valence electrons. The number of methoxy groups -OCH3 is 1. The summed E-state index contributed by atoms with van der Waals surface area (Å²) in [5.74, 6) is -1.43. The molecule has 3 rings (SSSR count). The Morgan fingerprint density at radius 3 is 2.52 bits per heavy atom. The first-order valence-corrected chi connectivity index (χ1v) is 10.6. The second-order valence-electron chi connectivity index (χ2n) is 7.91. The van der Waals surface area contributed by atoms with Gasteiger partial charge in [0.1, 0.15) is 11.7 Å². The van der Waals surface area contributed by atoms with Crippen LogP contribution in [-0.2, 0) is 16.0 Å². The van der Waals surface area contributed by atoms with Gasteiger partial charge in [0.2, 0.25) is 5.91 Å². The molecule has 2 aromatic carbocycles. The van der Waals surface area contributed by atoms with Crippen LogP contribution in [0, 0.1) is 17.0 Å². The number of unbranched alkanes of at least 4 members (excludes halogenated alkanes) is 1. The summed E-state index contributed by atoms with van der Waals surface area (Å²) in [4.78, 5) is 39.1. The Hall–Kier alpha value is -3.72. The molecule has 1 atom stereocenters. The minimum atomic E-state index is -1.26. The number of aryl methyl sites for hydroxylation is 1. The predicted octanol–water partition coefficient (Wildman–Crippen LogP) is 3.76. The lowest BCUT2D eigenvalue weighted by Crippen LogP contribution is -2.50. The van der Waals surface area contributed by atoms with Crippen molar-refractivity contribution < 1.29 is 24.4 Å². The molecule has 33 heavy (non-hydrogen) atoms. The Kier molecular flexibility index (Phi) is 7.78. The molecule has 1 aliphatic rings. The largest absolute Gasteiger partial charge is 0.478 e. The molecule has 2 aromatic rings. The molecule has 0 bridgehead atoms. The number of nitrogens with zero attached hydrogens (tertiary/aromatic N) is 3. The van der Waals surface area contributed by atoms with Crippen LogP contribution in [0.1, 0.15) is 34.3 Å². The maximum Gasteiger partial charge on any atom is 0.335 e. The highest BCUT2D eigenvalue weighted by atomic mass is 16.6. The summed E-state index contributed by atoms with van der Waals surface area (Å²) in [5, 5.41) is 21.0. The van der Waals surface area contributed by atoms with Crippen molar-refractivity contribution in [2.45, 2.75) is 32.2 Å². The predicted molar refractivity (Wildman–Crippen MR) is 123 cm³/mol. The van der Waals surface area contributed by atoms with Crippen LogP contribution in [-0.4, -0.2) is 53.1 Å². The van der Waals surface area contributed by atoms with E-state index < -0.39 is 16.9 Å². The van der Waals surface area contributed by atoms with Crippen molar-refractivity contribution in [3.8, 4) is 0 Å². The first-order chi connectivity index (χ1) is 15.8. The number of carbonyl (C=O) groups excluding carboxylic acids is 1. The van der Waals surface area contributed by atoms with E-state index in [-0.39, 0.29) is 22.8 Å². The number of nitro benzene ring substituents is 1. The summed E-state index contributed by atoms with van der Waals surface area (Å²) in [6.07, 6.45) is 5.18. The minimum absolute atomic E-state index is 0.172. The number of carbonyl (C=O) groups is 2. The third-order valence-corrected chi connectivity index (χ3v) is 5.56. The van der Waals surface area contributed by atoms with Gasteiger partial charge in [-0.2, -0.15) is 0 Å². The fourth-order valence-corrected chi connectivity index (χ4v) is 3.76. The zero-order chi connectivity index (χ0) is 24.0. The Morgan fingerprint density at radius 1 is 1.15 bits per heavy atom. The molecule has 0 saturated carbocycles. The van der Waals surface area contributed by atoms with E-state index in [1.807, 2.05) is 31.2 Å². The normalized spacial score (nSPS) is 15.7. The first kappa shape index (κ1) is 23.9. The van der Waals surface area contributed by atoms with Crippen molar-refractivity contribution in [2.24, 2.45) is 0 Å². The highest BCUT2D eigenvalue weighted by Gasteiger charge is 2.35. The molecule has 9 heteroatoms. The summed E-state index contributed by atoms with van der Waals surface area (Å²) in [6.45, 7) is 3.09. The van der Waals surface area contributed by atoms with E-state index in [1.54, 1.807) is 29.3 Å². The van der Waals surface area contributed by atoms with Crippen LogP contribution in [0.2, 0.25) is 0 Å². The van der Waals surface area contributed by atoms with Crippen LogP contribution in [0.4, 0.5) is 11.4 Å². The van der Waals surface area contributed by atoms with Gasteiger partial charge in [-0.25, -0.2) is 4.79 Å². The number of ether oxygens (including phenoxy) is 1. The van der Waals surface area contributed by atoms with Gasteiger partial charge < -0.3 is 19.6 Å². The van der Waals surface area contributed by atoms with Gasteiger partial charge in [-0.1, -0.05) is 29.8 Å².